The van der Waals surface area contributed by atoms with Gasteiger partial charge in [0.25, 0.3) is 6.47 Å². The van der Waals surface area contributed by atoms with Crippen LogP contribution < -0.4 is 49.5 Å². The lowest BCUT2D eigenvalue weighted by Crippen LogP contribution is -2.37. The number of aliphatic carboxylic acids is 1. The maximum Gasteiger partial charge on any atom is 0.521 e. The van der Waals surface area contributed by atoms with Crippen molar-refractivity contribution >= 4 is 156 Å². The van der Waals surface area contributed by atoms with Gasteiger partial charge in [-0.05, 0) is 180 Å². The summed E-state index contributed by atoms with van der Waals surface area (Å²) in [7, 11) is -3.04. The summed E-state index contributed by atoms with van der Waals surface area (Å²) < 4.78 is 27.2. The Balaban J connectivity index is -0.000000158. The fraction of sp³-hybridized carbons (Fsp3) is 0.678. The van der Waals surface area contributed by atoms with Gasteiger partial charge in [-0.3, -0.25) is 30.0 Å². The zero-order valence-corrected chi connectivity index (χ0v) is 63.9. The van der Waals surface area contributed by atoms with Crippen molar-refractivity contribution in [1.29, 1.82) is 5.41 Å². The molecular weight excluding hydrogens is 1360 g/mol. The molecule has 0 radical (unpaired) electrons. The number of ether oxygens (including phenoxy) is 3. The van der Waals surface area contributed by atoms with E-state index in [0.717, 1.165) is 84.1 Å². The third-order valence-electron chi connectivity index (χ3n) is 9.71. The van der Waals surface area contributed by atoms with Gasteiger partial charge in [-0.15, -0.1) is 36.6 Å². The molecule has 0 saturated carbocycles. The standard InChI is InChI=1S/2C13H27N3O2S.C13H13NS.C11H24N2O2S.C8H17N3O2S.CH2O2.2ClH.HO4P.H2/c2*1-10(16-12(17)18-13(3,4)5)6-8-19-9-7-15-11(2)14;1-10(14)15-9-12-7-4-6-11-5-2-3-8-13(11)12;1-9(5-7-16-8-6-12)13-10(14)15-11(2,3)4;1-6(9)11-3-5-14-4-2-7(10)8(12)13;2-1-3;;;1-4-5(2)3;/h2*10H,6-9H2,1-5H3,(H2,14,15)(H,16,17);2-8,14H,9H2,1H3;9H,5-8,12H2,1-4H3,(H,13,14);7H,2-5,10H2,1H3,(H2,9,11)(H,12,13);1H,(H,2,3);2*1H;1H;1H/t2*10-;;9-;7-;;;;;/m11.10...../s1. The van der Waals surface area contributed by atoms with Crippen LogP contribution in [0.1, 0.15) is 143 Å². The van der Waals surface area contributed by atoms with Gasteiger partial charge in [0, 0.05) is 79.2 Å². The predicted octanol–water partition coefficient (Wildman–Crippen LogP) is 11.0. The zero-order chi connectivity index (χ0) is 71.0. The molecule has 26 nitrogen and oxygen atoms in total. The summed E-state index contributed by atoms with van der Waals surface area (Å²) in [5, 5.41) is 41.5. The smallest absolute Gasteiger partial charge is 0.521 e. The van der Waals surface area contributed by atoms with Gasteiger partial charge in [-0.2, -0.15) is 47.0 Å². The molecule has 0 heterocycles. The van der Waals surface area contributed by atoms with Gasteiger partial charge in [-0.25, -0.2) is 19.6 Å². The maximum atomic E-state index is 11.5. The number of carboxylic acids is 1. The molecule has 2 aromatic rings. The largest absolute Gasteiger partial charge is 0.565 e. The Morgan fingerprint density at radius 1 is 0.634 bits per heavy atom. The third-order valence-corrected chi connectivity index (χ3v) is 14.8. The van der Waals surface area contributed by atoms with E-state index in [4.69, 9.17) is 78.0 Å². The second-order valence-corrected chi connectivity index (χ2v) is 29.1. The second-order valence-electron chi connectivity index (χ2n) is 22.4. The third kappa shape index (κ3) is 83.8. The van der Waals surface area contributed by atoms with E-state index in [1.165, 1.54) is 16.3 Å². The average molecular weight is 1480 g/mol. The Kier molecular flexibility index (Phi) is 70.1. The summed E-state index contributed by atoms with van der Waals surface area (Å²) in [6.45, 7) is 32.4. The van der Waals surface area contributed by atoms with Crippen molar-refractivity contribution in [3.05, 3.63) is 48.0 Å². The summed E-state index contributed by atoms with van der Waals surface area (Å²) in [4.78, 5) is 74.3. The molecule has 93 heavy (non-hydrogen) atoms. The van der Waals surface area contributed by atoms with Gasteiger partial charge in [0.05, 0.1) is 22.6 Å². The van der Waals surface area contributed by atoms with E-state index in [2.05, 4.69) is 78.1 Å². The Labute approximate surface area is 589 Å². The number of aliphatic imine (C=N–C) groups is 3. The highest BCUT2D eigenvalue weighted by Gasteiger charge is 2.20. The Bertz CT molecular complexity index is 2330. The maximum absolute atomic E-state index is 11.5. The Hall–Kier alpha value is -4.24. The number of amidine groups is 3. The molecule has 0 saturated heterocycles. The Morgan fingerprint density at radius 3 is 1.24 bits per heavy atom. The molecule has 0 aliphatic rings. The SMILES string of the molecule is CC(=N)SCc1cccc2ccccc12.CC(N)=NCCSCC[C@@H](C)NC(=O)OC(C)(C)C.CC(N)=NCCSCC[C@@H](C)NC(=O)OC(C)(C)C.CC(N)=NCCSCC[C@H](N)C(=O)O.C[C@H](CCSCCN)NC(=O)OC(C)(C)C.Cl.Cl.O=CO.O=[P+]([O-])OO.[HH]. The fourth-order valence-corrected chi connectivity index (χ4v) is 10.1. The molecule has 2 rings (SSSR count). The number of hydrogen-bond donors (Lipinski definition) is 12. The van der Waals surface area contributed by atoms with Crippen molar-refractivity contribution in [3.8, 4) is 0 Å². The number of nitrogens with two attached hydrogens (primary N) is 5. The van der Waals surface area contributed by atoms with Gasteiger partial charge in [0.2, 0.25) is 0 Å². The first-order chi connectivity index (χ1) is 42.2. The first-order valence-corrected chi connectivity index (χ1v) is 35.9. The van der Waals surface area contributed by atoms with Crippen LogP contribution in [0.15, 0.2) is 57.4 Å². The number of carbonyl (C=O) groups excluding carboxylic acids is 3. The topological polar surface area (TPSA) is 450 Å². The van der Waals surface area contributed by atoms with E-state index < -0.39 is 37.1 Å². The van der Waals surface area contributed by atoms with Crippen molar-refractivity contribution in [1.82, 2.24) is 16.0 Å². The van der Waals surface area contributed by atoms with Gasteiger partial charge >= 0.3 is 32.5 Å². The molecular formula is C59H115Cl2N12O14PS5. The van der Waals surface area contributed by atoms with Gasteiger partial charge < -0.3 is 73.9 Å². The molecule has 0 aliphatic carbocycles. The number of carboxylic acid groups (broad SMARTS) is 2. The number of thioether (sulfide) groups is 5. The van der Waals surface area contributed by atoms with Gasteiger partial charge in [0.1, 0.15) is 22.8 Å². The summed E-state index contributed by atoms with van der Waals surface area (Å²) >= 11 is 8.64. The van der Waals surface area contributed by atoms with Gasteiger partial charge in [0.15, 0.2) is 0 Å². The van der Waals surface area contributed by atoms with Crippen LogP contribution in [0.5, 0.6) is 0 Å². The number of fused-ring (bicyclic) bond motifs is 1. The van der Waals surface area contributed by atoms with Crippen LogP contribution in [0.2, 0.25) is 0 Å². The molecule has 0 spiro atoms. The number of hydrogen-bond acceptors (Lipinski definition) is 23. The highest BCUT2D eigenvalue weighted by atomic mass is 35.5. The number of halogens is 2. The minimum atomic E-state index is -3.04. The monoisotopic (exact) mass is 1480 g/mol. The number of benzene rings is 2. The molecule has 0 fully saturated rings. The van der Waals surface area contributed by atoms with E-state index in [0.29, 0.717) is 42.1 Å². The van der Waals surface area contributed by atoms with Crippen LogP contribution in [0, 0.1) is 5.41 Å². The molecule has 2 aromatic carbocycles. The Morgan fingerprint density at radius 2 is 0.946 bits per heavy atom. The molecule has 544 valence electrons. The molecule has 0 bridgehead atoms. The summed E-state index contributed by atoms with van der Waals surface area (Å²) in [6.07, 6.45) is 2.20. The molecule has 0 aromatic heterocycles. The fourth-order valence-electron chi connectivity index (χ4n) is 5.81. The molecule has 1 unspecified atom stereocenters. The second kappa shape index (κ2) is 63.8. The van der Waals surface area contributed by atoms with Crippen LogP contribution >= 0.6 is 91.9 Å². The van der Waals surface area contributed by atoms with Crippen LogP contribution in [0.25, 0.3) is 10.8 Å². The predicted molar refractivity (Wildman–Crippen MR) is 401 cm³/mol. The average Bonchev–Trinajstić information content (AvgIpc) is 0.848. The van der Waals surface area contributed by atoms with E-state index >= 15 is 0 Å². The van der Waals surface area contributed by atoms with Crippen molar-refractivity contribution < 1.29 is 69.2 Å². The van der Waals surface area contributed by atoms with Crippen molar-refractivity contribution in [2.24, 2.45) is 43.6 Å². The lowest BCUT2D eigenvalue weighted by Gasteiger charge is -2.21. The van der Waals surface area contributed by atoms with Gasteiger partial charge in [-0.1, -0.05) is 42.5 Å². The summed E-state index contributed by atoms with van der Waals surface area (Å²) in [5.74, 6) is 9.21. The van der Waals surface area contributed by atoms with Crippen molar-refractivity contribution in [2.45, 2.75) is 183 Å². The molecule has 17 N–H and O–H groups in total. The number of alkyl carbamates (subject to hydrolysis) is 3. The van der Waals surface area contributed by atoms with E-state index in [9.17, 15) is 19.2 Å². The van der Waals surface area contributed by atoms with E-state index in [1.54, 1.807) is 56.1 Å². The first kappa shape index (κ1) is 102. The molecule has 34 heteroatoms. The minimum absolute atomic E-state index is 0. The zero-order valence-electron chi connectivity index (χ0n) is 57.3. The molecule has 5 atom stereocenters. The normalized spacial score (nSPS) is 12.6. The number of rotatable bonds is 30. The highest BCUT2D eigenvalue weighted by molar-refractivity contribution is 8.13. The van der Waals surface area contributed by atoms with Crippen LogP contribution in [0.3, 0.4) is 0 Å². The lowest BCUT2D eigenvalue weighted by molar-refractivity contribution is -0.244. The molecule has 0 aliphatic heterocycles. The number of nitrogens with zero attached hydrogens (tertiary/aromatic N) is 3. The lowest BCUT2D eigenvalue weighted by atomic mass is 10.1. The quantitative estimate of drug-likeness (QED) is 0.00505. The summed E-state index contributed by atoms with van der Waals surface area (Å²) in [6, 6.07) is 14.4. The van der Waals surface area contributed by atoms with Crippen molar-refractivity contribution in [3.63, 3.8) is 0 Å². The minimum Gasteiger partial charge on any atom is -0.565 e. The van der Waals surface area contributed by atoms with Crippen molar-refractivity contribution in [2.75, 3.05) is 72.2 Å². The van der Waals surface area contributed by atoms with E-state index in [1.807, 2.05) is 114 Å². The highest BCUT2D eigenvalue weighted by Crippen LogP contribution is 2.23. The van der Waals surface area contributed by atoms with Crippen LogP contribution in [-0.2, 0) is 38.8 Å². The summed E-state index contributed by atoms with van der Waals surface area (Å²) in [5.41, 5.74) is 26.9. The number of amides is 3. The van der Waals surface area contributed by atoms with Crippen LogP contribution in [0.4, 0.5) is 14.4 Å². The van der Waals surface area contributed by atoms with E-state index in [-0.39, 0.29) is 69.1 Å². The molecule has 3 amide bonds. The first-order valence-electron chi connectivity index (χ1n) is 29.2. The number of nitrogens with one attached hydrogen (secondary N) is 4. The van der Waals surface area contributed by atoms with Crippen LogP contribution in [-0.4, -0.2) is 182 Å². The number of carbonyl (C=O) groups is 5.